The van der Waals surface area contributed by atoms with Crippen molar-refractivity contribution < 1.29 is 19.4 Å². The maximum absolute atomic E-state index is 14.4. The van der Waals surface area contributed by atoms with Crippen LogP contribution in [0.3, 0.4) is 0 Å². The summed E-state index contributed by atoms with van der Waals surface area (Å²) < 4.78 is 6.25. The van der Waals surface area contributed by atoms with Crippen LogP contribution in [0.1, 0.15) is 32.7 Å². The number of ether oxygens (including phenoxy) is 1. The number of fused-ring (bicyclic) bond motifs is 2. The van der Waals surface area contributed by atoms with Crippen molar-refractivity contribution in [2.75, 3.05) is 6.54 Å². The van der Waals surface area contributed by atoms with Gasteiger partial charge in [0.05, 0.1) is 16.6 Å². The normalized spacial score (nSPS) is 11.0. The van der Waals surface area contributed by atoms with E-state index in [2.05, 4.69) is 22.4 Å². The molecule has 7 heteroatoms. The minimum absolute atomic E-state index is 0.00649. The zero-order chi connectivity index (χ0) is 32.9. The number of nitrogens with one attached hydrogen (secondary N) is 1. The molecule has 0 bridgehead atoms. The van der Waals surface area contributed by atoms with Gasteiger partial charge in [0.25, 0.3) is 5.91 Å². The molecule has 48 heavy (non-hydrogen) atoms. The highest BCUT2D eigenvalue weighted by atomic mass is 16.5. The molecule has 2 aromatic heterocycles. The number of hydrogen-bond acceptors (Lipinski definition) is 6. The van der Waals surface area contributed by atoms with Crippen LogP contribution in [0.15, 0.2) is 140 Å². The van der Waals surface area contributed by atoms with Crippen LogP contribution in [-0.4, -0.2) is 33.5 Å². The largest absolute Gasteiger partial charge is 0.505 e. The van der Waals surface area contributed by atoms with Crippen molar-refractivity contribution in [2.24, 2.45) is 0 Å². The second kappa shape index (κ2) is 13.6. The number of esters is 1. The second-order valence-corrected chi connectivity index (χ2v) is 11.3. The first-order valence-electron chi connectivity index (χ1n) is 15.8. The molecule has 234 valence electrons. The van der Waals surface area contributed by atoms with Gasteiger partial charge in [0.2, 0.25) is 0 Å². The summed E-state index contributed by atoms with van der Waals surface area (Å²) in [6.45, 7) is 0.411. The molecule has 0 aliphatic heterocycles. The minimum atomic E-state index is -0.837. The van der Waals surface area contributed by atoms with Crippen molar-refractivity contribution in [3.05, 3.63) is 156 Å². The standard InChI is InChI=1S/C41H31N3O4/c45-38-34(30-22-10-12-24-32(30)43-36(38)28-18-6-2-7-19-28)41(47)48-39-35(40(46)42-26-14-17-27-15-4-1-5-16-27)31-23-11-13-25-33(31)44-37(39)29-20-8-3-9-21-29/h1-13,15-16,18-25,45H,14,17,26H2,(H,42,46). The lowest BCUT2D eigenvalue weighted by Gasteiger charge is -2.18. The van der Waals surface area contributed by atoms with E-state index in [1.54, 1.807) is 24.3 Å². The first-order valence-corrected chi connectivity index (χ1v) is 15.8. The van der Waals surface area contributed by atoms with Gasteiger partial charge in [-0.15, -0.1) is 0 Å². The van der Waals surface area contributed by atoms with Gasteiger partial charge < -0.3 is 15.2 Å². The molecule has 0 radical (unpaired) electrons. The van der Waals surface area contributed by atoms with Gasteiger partial charge in [-0.1, -0.05) is 127 Å². The van der Waals surface area contributed by atoms with Gasteiger partial charge >= 0.3 is 5.97 Å². The van der Waals surface area contributed by atoms with E-state index in [1.807, 2.05) is 103 Å². The number of rotatable bonds is 9. The van der Waals surface area contributed by atoms with E-state index in [4.69, 9.17) is 9.72 Å². The Kier molecular flexibility index (Phi) is 8.57. The molecule has 7 rings (SSSR count). The molecule has 0 fully saturated rings. The first kappa shape index (κ1) is 30.3. The van der Waals surface area contributed by atoms with E-state index in [0.717, 1.165) is 12.8 Å². The van der Waals surface area contributed by atoms with E-state index in [1.165, 1.54) is 5.56 Å². The molecule has 0 unspecified atom stereocenters. The lowest BCUT2D eigenvalue weighted by Crippen LogP contribution is -2.26. The van der Waals surface area contributed by atoms with Crippen LogP contribution in [0.5, 0.6) is 11.5 Å². The minimum Gasteiger partial charge on any atom is -0.505 e. The predicted octanol–water partition coefficient (Wildman–Crippen LogP) is 8.40. The smallest absolute Gasteiger partial charge is 0.348 e. The maximum atomic E-state index is 14.4. The molecule has 0 saturated heterocycles. The molecule has 0 atom stereocenters. The van der Waals surface area contributed by atoms with Crippen LogP contribution in [0.2, 0.25) is 0 Å². The average Bonchev–Trinajstić information content (AvgIpc) is 3.13. The number of carbonyl (C=O) groups excluding carboxylic acids is 2. The molecule has 7 nitrogen and oxygen atoms in total. The Morgan fingerprint density at radius 2 is 1.10 bits per heavy atom. The van der Waals surface area contributed by atoms with Crippen LogP contribution in [0.25, 0.3) is 44.3 Å². The fraction of sp³-hybridized carbons (Fsp3) is 0.0732. The molecule has 0 aliphatic carbocycles. The third-order valence-electron chi connectivity index (χ3n) is 8.21. The molecule has 0 spiro atoms. The molecular formula is C41H31N3O4. The van der Waals surface area contributed by atoms with Crippen LogP contribution < -0.4 is 10.1 Å². The highest BCUT2D eigenvalue weighted by Gasteiger charge is 2.29. The average molecular weight is 630 g/mol. The van der Waals surface area contributed by atoms with E-state index < -0.39 is 11.9 Å². The molecule has 1 amide bonds. The van der Waals surface area contributed by atoms with Crippen molar-refractivity contribution in [2.45, 2.75) is 12.8 Å². The number of aromatic hydroxyl groups is 1. The Hall–Kier alpha value is -6.34. The molecule has 0 aliphatic rings. The number of benzene rings is 5. The number of aryl methyl sites for hydroxylation is 1. The monoisotopic (exact) mass is 629 g/mol. The van der Waals surface area contributed by atoms with Gasteiger partial charge in [-0.05, 0) is 30.5 Å². The molecule has 5 aromatic carbocycles. The third kappa shape index (κ3) is 6.09. The number of para-hydroxylation sites is 2. The Morgan fingerprint density at radius 1 is 0.604 bits per heavy atom. The highest BCUT2D eigenvalue weighted by molar-refractivity contribution is 6.13. The van der Waals surface area contributed by atoms with Crippen molar-refractivity contribution in [1.82, 2.24) is 15.3 Å². The van der Waals surface area contributed by atoms with Crippen molar-refractivity contribution in [3.63, 3.8) is 0 Å². The number of pyridine rings is 2. The molecule has 2 heterocycles. The van der Waals surface area contributed by atoms with Crippen LogP contribution in [-0.2, 0) is 6.42 Å². The Labute approximate surface area is 277 Å². The van der Waals surface area contributed by atoms with E-state index in [0.29, 0.717) is 45.2 Å². The van der Waals surface area contributed by atoms with Crippen LogP contribution >= 0.6 is 0 Å². The third-order valence-corrected chi connectivity index (χ3v) is 8.21. The lowest BCUT2D eigenvalue weighted by molar-refractivity contribution is 0.0732. The molecular weight excluding hydrogens is 598 g/mol. The Morgan fingerprint density at radius 3 is 1.73 bits per heavy atom. The summed E-state index contributed by atoms with van der Waals surface area (Å²) in [7, 11) is 0. The predicted molar refractivity (Wildman–Crippen MR) is 188 cm³/mol. The highest BCUT2D eigenvalue weighted by Crippen LogP contribution is 2.40. The van der Waals surface area contributed by atoms with Crippen molar-refractivity contribution in [3.8, 4) is 34.0 Å². The van der Waals surface area contributed by atoms with Crippen LogP contribution in [0, 0.1) is 0 Å². The quantitative estimate of drug-likeness (QED) is 0.123. The summed E-state index contributed by atoms with van der Waals surface area (Å²) in [5.41, 5.74) is 4.29. The van der Waals surface area contributed by atoms with E-state index in [9.17, 15) is 14.7 Å². The molecule has 0 saturated carbocycles. The zero-order valence-corrected chi connectivity index (χ0v) is 26.0. The number of carbonyl (C=O) groups is 2. The number of nitrogens with zero attached hydrogens (tertiary/aromatic N) is 2. The summed E-state index contributed by atoms with van der Waals surface area (Å²) in [5, 5.41) is 15.6. The molecule has 2 N–H and O–H groups in total. The van der Waals surface area contributed by atoms with Gasteiger partial charge in [0, 0.05) is 28.4 Å². The fourth-order valence-electron chi connectivity index (χ4n) is 5.89. The summed E-state index contributed by atoms with van der Waals surface area (Å²) >= 11 is 0. The second-order valence-electron chi connectivity index (χ2n) is 11.3. The number of hydrogen-bond donors (Lipinski definition) is 2. The van der Waals surface area contributed by atoms with E-state index >= 15 is 0 Å². The summed E-state index contributed by atoms with van der Waals surface area (Å²) in [6, 6.07) is 42.9. The van der Waals surface area contributed by atoms with Crippen LogP contribution in [0.4, 0.5) is 0 Å². The topological polar surface area (TPSA) is 101 Å². The SMILES string of the molecule is O=C(Oc1c(-c2ccccc2)nc2ccccc2c1C(=O)NCCCc1ccccc1)c1c(O)c(-c2ccccc2)nc2ccccc12. The van der Waals surface area contributed by atoms with Gasteiger partial charge in [0.1, 0.15) is 17.0 Å². The van der Waals surface area contributed by atoms with Gasteiger partial charge in [0.15, 0.2) is 11.5 Å². The van der Waals surface area contributed by atoms with Gasteiger partial charge in [-0.2, -0.15) is 0 Å². The summed E-state index contributed by atoms with van der Waals surface area (Å²) in [5.74, 6) is -1.54. The Bertz CT molecular complexity index is 2260. The van der Waals surface area contributed by atoms with Gasteiger partial charge in [-0.3, -0.25) is 4.79 Å². The zero-order valence-electron chi connectivity index (χ0n) is 26.0. The number of aromatic nitrogens is 2. The van der Waals surface area contributed by atoms with E-state index in [-0.39, 0.29) is 28.3 Å². The Balaban J connectivity index is 1.34. The summed E-state index contributed by atoms with van der Waals surface area (Å²) in [6.07, 6.45) is 1.52. The first-order chi connectivity index (χ1) is 23.6. The molecule has 7 aromatic rings. The fourth-order valence-corrected chi connectivity index (χ4v) is 5.89. The van der Waals surface area contributed by atoms with Gasteiger partial charge in [-0.25, -0.2) is 14.8 Å². The van der Waals surface area contributed by atoms with Crippen molar-refractivity contribution >= 4 is 33.7 Å². The number of amides is 1. The summed E-state index contributed by atoms with van der Waals surface area (Å²) in [4.78, 5) is 38.1. The van der Waals surface area contributed by atoms with Crippen molar-refractivity contribution in [1.29, 1.82) is 0 Å². The maximum Gasteiger partial charge on any atom is 0.348 e. The lowest BCUT2D eigenvalue weighted by atomic mass is 10.0.